The molecule has 0 bridgehead atoms. The van der Waals surface area contributed by atoms with Gasteiger partial charge in [0.05, 0.1) is 7.11 Å². The maximum absolute atomic E-state index is 5.51. The van der Waals surface area contributed by atoms with E-state index in [-0.39, 0.29) is 0 Å². The van der Waals surface area contributed by atoms with Crippen molar-refractivity contribution in [3.05, 3.63) is 29.3 Å². The summed E-state index contributed by atoms with van der Waals surface area (Å²) in [6.45, 7) is 4.19. The molecule has 1 aliphatic rings. The first kappa shape index (κ1) is 16.3. The Morgan fingerprint density at radius 3 is 2.86 bits per heavy atom. The highest BCUT2D eigenvalue weighted by Crippen LogP contribution is 2.22. The van der Waals surface area contributed by atoms with Gasteiger partial charge >= 0.3 is 0 Å². The van der Waals surface area contributed by atoms with E-state index >= 15 is 0 Å². The van der Waals surface area contributed by atoms with Gasteiger partial charge in [0.15, 0.2) is 0 Å². The van der Waals surface area contributed by atoms with E-state index in [1.807, 2.05) is 7.05 Å². The van der Waals surface area contributed by atoms with Gasteiger partial charge in [-0.15, -0.1) is 0 Å². The maximum atomic E-state index is 5.51. The lowest BCUT2D eigenvalue weighted by molar-refractivity contribution is 0.214. The van der Waals surface area contributed by atoms with Crippen molar-refractivity contribution in [3.63, 3.8) is 0 Å². The predicted octanol–water partition coefficient (Wildman–Crippen LogP) is 1.94. The summed E-state index contributed by atoms with van der Waals surface area (Å²) in [4.78, 5) is 4.89. The van der Waals surface area contributed by atoms with Crippen LogP contribution < -0.4 is 10.1 Å². The van der Waals surface area contributed by atoms with Gasteiger partial charge in [-0.3, -0.25) is 0 Å². The molecule has 118 valence electrons. The molecule has 1 N–H and O–H groups in total. The van der Waals surface area contributed by atoms with Crippen molar-refractivity contribution < 1.29 is 4.74 Å². The molecule has 1 saturated heterocycles. The average Bonchev–Trinajstić information content (AvgIpc) is 2.85. The highest BCUT2D eigenvalue weighted by atomic mass is 16.5. The van der Waals surface area contributed by atoms with Crippen molar-refractivity contribution in [3.8, 4) is 5.75 Å². The molecule has 1 aromatic carbocycles. The summed E-state index contributed by atoms with van der Waals surface area (Å²) in [7, 11) is 8.17. The van der Waals surface area contributed by atoms with Crippen molar-refractivity contribution in [2.45, 2.75) is 32.0 Å². The van der Waals surface area contributed by atoms with Crippen LogP contribution in [0.15, 0.2) is 18.2 Å². The quantitative estimate of drug-likeness (QED) is 0.831. The van der Waals surface area contributed by atoms with Crippen molar-refractivity contribution in [1.82, 2.24) is 15.1 Å². The molecule has 0 spiro atoms. The van der Waals surface area contributed by atoms with E-state index in [9.17, 15) is 0 Å². The molecule has 1 aliphatic heterocycles. The minimum Gasteiger partial charge on any atom is -0.496 e. The minimum absolute atomic E-state index is 0.696. The first-order valence-electron chi connectivity index (χ1n) is 7.83. The number of hydrogen-bond acceptors (Lipinski definition) is 4. The first-order chi connectivity index (χ1) is 10.1. The average molecular weight is 291 g/mol. The number of nitrogens with zero attached hydrogens (tertiary/aromatic N) is 2. The number of ether oxygens (including phenoxy) is 1. The Labute approximate surface area is 129 Å². The summed E-state index contributed by atoms with van der Waals surface area (Å²) in [5.41, 5.74) is 2.58. The topological polar surface area (TPSA) is 27.7 Å². The highest BCUT2D eigenvalue weighted by molar-refractivity contribution is 5.37. The van der Waals surface area contributed by atoms with E-state index in [0.717, 1.165) is 25.4 Å². The van der Waals surface area contributed by atoms with Crippen LogP contribution in [0.5, 0.6) is 5.75 Å². The highest BCUT2D eigenvalue weighted by Gasteiger charge is 2.22. The van der Waals surface area contributed by atoms with Crippen LogP contribution >= 0.6 is 0 Å². The zero-order valence-corrected chi connectivity index (χ0v) is 13.9. The number of likely N-dealkylation sites (N-methyl/N-ethyl adjacent to an activating group) is 2. The van der Waals surface area contributed by atoms with E-state index in [1.54, 1.807) is 7.11 Å². The summed E-state index contributed by atoms with van der Waals surface area (Å²) >= 11 is 0. The molecule has 1 fully saturated rings. The summed E-state index contributed by atoms with van der Waals surface area (Å²) in [6, 6.07) is 7.16. The van der Waals surface area contributed by atoms with Crippen molar-refractivity contribution in [2.24, 2.45) is 0 Å². The monoisotopic (exact) mass is 291 g/mol. The molecule has 0 radical (unpaired) electrons. The standard InChI is InChI=1S/C17H29N3O/c1-18-11-14-7-8-17(21-4)15(10-14)12-19(2)13-16-6-5-9-20(16)3/h7-8,10,16,18H,5-6,9,11-13H2,1-4H3. The third-order valence-electron chi connectivity index (χ3n) is 4.36. The molecule has 1 atom stereocenters. The zero-order valence-electron chi connectivity index (χ0n) is 13.9. The summed E-state index contributed by atoms with van der Waals surface area (Å²) in [5.74, 6) is 0.987. The van der Waals surface area contributed by atoms with Gasteiger partial charge in [-0.05, 0) is 58.2 Å². The molecular weight excluding hydrogens is 262 g/mol. The lowest BCUT2D eigenvalue weighted by Crippen LogP contribution is -2.36. The molecule has 0 aliphatic carbocycles. The van der Waals surface area contributed by atoms with Crippen LogP contribution in [-0.4, -0.2) is 57.2 Å². The van der Waals surface area contributed by atoms with E-state index in [0.29, 0.717) is 6.04 Å². The lowest BCUT2D eigenvalue weighted by Gasteiger charge is -2.26. The van der Waals surface area contributed by atoms with E-state index in [4.69, 9.17) is 4.74 Å². The Bertz CT molecular complexity index is 450. The molecule has 21 heavy (non-hydrogen) atoms. The van der Waals surface area contributed by atoms with Crippen LogP contribution in [0, 0.1) is 0 Å². The Balaban J connectivity index is 2.01. The fraction of sp³-hybridized carbons (Fsp3) is 0.647. The van der Waals surface area contributed by atoms with Gasteiger partial charge < -0.3 is 19.9 Å². The van der Waals surface area contributed by atoms with Gasteiger partial charge in [-0.2, -0.15) is 0 Å². The molecule has 1 unspecified atom stereocenters. The summed E-state index contributed by atoms with van der Waals surface area (Å²) in [5, 5.41) is 3.21. The van der Waals surface area contributed by atoms with Gasteiger partial charge in [0.25, 0.3) is 0 Å². The first-order valence-corrected chi connectivity index (χ1v) is 7.83. The lowest BCUT2D eigenvalue weighted by atomic mass is 10.1. The SMILES string of the molecule is CNCc1ccc(OC)c(CN(C)CC2CCCN2C)c1. The molecule has 4 heteroatoms. The fourth-order valence-electron chi connectivity index (χ4n) is 3.19. The van der Waals surface area contributed by atoms with Crippen LogP contribution in [0.3, 0.4) is 0 Å². The molecule has 4 nitrogen and oxygen atoms in total. The Morgan fingerprint density at radius 1 is 1.43 bits per heavy atom. The van der Waals surface area contributed by atoms with Gasteiger partial charge in [0.1, 0.15) is 5.75 Å². The Morgan fingerprint density at radius 2 is 2.24 bits per heavy atom. The number of hydrogen-bond donors (Lipinski definition) is 1. The smallest absolute Gasteiger partial charge is 0.123 e. The van der Waals surface area contributed by atoms with Crippen molar-refractivity contribution in [2.75, 3.05) is 41.3 Å². The normalized spacial score (nSPS) is 19.4. The summed E-state index contributed by atoms with van der Waals surface area (Å²) < 4.78 is 5.51. The largest absolute Gasteiger partial charge is 0.496 e. The fourth-order valence-corrected chi connectivity index (χ4v) is 3.19. The Hall–Kier alpha value is -1.10. The molecule has 1 aromatic rings. The molecule has 0 saturated carbocycles. The van der Waals surface area contributed by atoms with Gasteiger partial charge in [-0.1, -0.05) is 6.07 Å². The minimum atomic E-state index is 0.696. The second-order valence-corrected chi connectivity index (χ2v) is 6.15. The molecule has 0 aromatic heterocycles. The van der Waals surface area contributed by atoms with E-state index < -0.39 is 0 Å². The number of rotatable bonds is 7. The number of benzene rings is 1. The second kappa shape index (κ2) is 7.78. The maximum Gasteiger partial charge on any atom is 0.123 e. The van der Waals surface area contributed by atoms with E-state index in [1.165, 1.54) is 30.5 Å². The molecular formula is C17H29N3O. The number of likely N-dealkylation sites (tertiary alicyclic amines) is 1. The van der Waals surface area contributed by atoms with Gasteiger partial charge in [-0.25, -0.2) is 0 Å². The zero-order chi connectivity index (χ0) is 15.2. The third kappa shape index (κ3) is 4.43. The van der Waals surface area contributed by atoms with Crippen LogP contribution in [-0.2, 0) is 13.1 Å². The molecule has 1 heterocycles. The van der Waals surface area contributed by atoms with Crippen molar-refractivity contribution >= 4 is 0 Å². The molecule has 2 rings (SSSR count). The van der Waals surface area contributed by atoms with Crippen LogP contribution in [0.4, 0.5) is 0 Å². The van der Waals surface area contributed by atoms with Crippen LogP contribution in [0.2, 0.25) is 0 Å². The van der Waals surface area contributed by atoms with E-state index in [2.05, 4.69) is 47.4 Å². The Kier molecular flexibility index (Phi) is 6.03. The predicted molar refractivity (Wildman–Crippen MR) is 87.7 cm³/mol. The van der Waals surface area contributed by atoms with Crippen LogP contribution in [0.25, 0.3) is 0 Å². The summed E-state index contributed by atoms with van der Waals surface area (Å²) in [6.07, 6.45) is 2.65. The van der Waals surface area contributed by atoms with Crippen LogP contribution in [0.1, 0.15) is 24.0 Å². The third-order valence-corrected chi connectivity index (χ3v) is 4.36. The van der Waals surface area contributed by atoms with Crippen molar-refractivity contribution in [1.29, 1.82) is 0 Å². The molecule has 0 amide bonds. The van der Waals surface area contributed by atoms with Gasteiger partial charge in [0.2, 0.25) is 0 Å². The van der Waals surface area contributed by atoms with Gasteiger partial charge in [0, 0.05) is 31.2 Å². The number of methoxy groups -OCH3 is 1. The number of nitrogens with one attached hydrogen (secondary N) is 1. The second-order valence-electron chi connectivity index (χ2n) is 6.15.